The van der Waals surface area contributed by atoms with Gasteiger partial charge in [0, 0.05) is 0 Å². The first-order chi connectivity index (χ1) is 15.4. The zero-order valence-corrected chi connectivity index (χ0v) is 18.2. The third-order valence-electron chi connectivity index (χ3n) is 5.11. The molecule has 0 aliphatic heterocycles. The number of ether oxygens (including phenoxy) is 3. The molecular weight excluding hydrogens is 417 g/mol. The van der Waals surface area contributed by atoms with Crippen molar-refractivity contribution in [3.63, 3.8) is 0 Å². The molecular formula is C26H27F3O3. The van der Waals surface area contributed by atoms with E-state index in [4.69, 9.17) is 14.2 Å². The standard InChI is InChI=1S/C26H27F3O3/c1-3-15-31-21-12-10-20(11-13-21)26(2,25(28)29)18-30-17-19-9-14-23(27)24(16-19)32-22-7-5-4-6-8-22/h4-14,16,25H,3,15,17-18H2,1-2H3. The van der Waals surface area contributed by atoms with Crippen LogP contribution in [0.3, 0.4) is 0 Å². The molecule has 32 heavy (non-hydrogen) atoms. The molecule has 0 heterocycles. The molecule has 1 unspecified atom stereocenters. The Morgan fingerprint density at radius 2 is 1.62 bits per heavy atom. The molecule has 0 spiro atoms. The Hall–Kier alpha value is -2.99. The van der Waals surface area contributed by atoms with Crippen molar-refractivity contribution in [3.05, 3.63) is 89.7 Å². The van der Waals surface area contributed by atoms with Gasteiger partial charge < -0.3 is 14.2 Å². The number of halogens is 3. The van der Waals surface area contributed by atoms with Crippen molar-refractivity contribution >= 4 is 0 Å². The Bertz CT molecular complexity index is 977. The van der Waals surface area contributed by atoms with Gasteiger partial charge in [-0.25, -0.2) is 13.2 Å². The number of rotatable bonds is 11. The van der Waals surface area contributed by atoms with Crippen LogP contribution in [-0.2, 0) is 16.8 Å². The average Bonchev–Trinajstić information content (AvgIpc) is 2.80. The minimum Gasteiger partial charge on any atom is -0.494 e. The van der Waals surface area contributed by atoms with Gasteiger partial charge in [-0.1, -0.05) is 43.3 Å². The Balaban J connectivity index is 1.66. The predicted molar refractivity (Wildman–Crippen MR) is 118 cm³/mol. The van der Waals surface area contributed by atoms with Crippen LogP contribution < -0.4 is 9.47 Å². The zero-order chi connectivity index (χ0) is 23.0. The summed E-state index contributed by atoms with van der Waals surface area (Å²) in [6.45, 7) is 3.88. The fourth-order valence-electron chi connectivity index (χ4n) is 3.14. The van der Waals surface area contributed by atoms with Gasteiger partial charge in [-0.15, -0.1) is 0 Å². The van der Waals surface area contributed by atoms with Gasteiger partial charge in [0.1, 0.15) is 11.5 Å². The van der Waals surface area contributed by atoms with Gasteiger partial charge in [0.2, 0.25) is 6.43 Å². The summed E-state index contributed by atoms with van der Waals surface area (Å²) >= 11 is 0. The van der Waals surface area contributed by atoms with Crippen LogP contribution in [0.5, 0.6) is 17.2 Å². The highest BCUT2D eigenvalue weighted by Gasteiger charge is 2.37. The molecule has 0 aromatic heterocycles. The fourth-order valence-corrected chi connectivity index (χ4v) is 3.14. The van der Waals surface area contributed by atoms with Crippen LogP contribution in [0.25, 0.3) is 0 Å². The molecule has 1 atom stereocenters. The highest BCUT2D eigenvalue weighted by atomic mass is 19.3. The van der Waals surface area contributed by atoms with Gasteiger partial charge in [-0.3, -0.25) is 0 Å². The van der Waals surface area contributed by atoms with E-state index in [1.807, 2.05) is 13.0 Å². The molecule has 0 radical (unpaired) electrons. The number of para-hydroxylation sites is 1. The molecule has 0 bridgehead atoms. The Kier molecular flexibility index (Phi) is 8.17. The van der Waals surface area contributed by atoms with Crippen LogP contribution in [0.4, 0.5) is 13.2 Å². The molecule has 0 amide bonds. The molecule has 0 aliphatic carbocycles. The van der Waals surface area contributed by atoms with Gasteiger partial charge in [-0.2, -0.15) is 0 Å². The molecule has 6 heteroatoms. The predicted octanol–water partition coefficient (Wildman–Crippen LogP) is 7.15. The summed E-state index contributed by atoms with van der Waals surface area (Å²) in [5.41, 5.74) is -0.409. The fraction of sp³-hybridized carbons (Fsp3) is 0.308. The zero-order valence-electron chi connectivity index (χ0n) is 18.2. The van der Waals surface area contributed by atoms with Crippen LogP contribution in [-0.4, -0.2) is 19.6 Å². The SMILES string of the molecule is CCCOc1ccc(C(C)(COCc2ccc(F)c(Oc3ccccc3)c2)C(F)F)cc1. The maximum absolute atomic E-state index is 14.1. The monoisotopic (exact) mass is 444 g/mol. The molecule has 0 fully saturated rings. The second-order valence-corrected chi connectivity index (χ2v) is 7.76. The first kappa shape index (κ1) is 23.7. The van der Waals surface area contributed by atoms with E-state index in [0.717, 1.165) is 6.42 Å². The van der Waals surface area contributed by atoms with Crippen LogP contribution in [0.1, 0.15) is 31.4 Å². The van der Waals surface area contributed by atoms with Gasteiger partial charge in [0.25, 0.3) is 0 Å². The largest absolute Gasteiger partial charge is 0.494 e. The van der Waals surface area contributed by atoms with Crippen LogP contribution in [0.2, 0.25) is 0 Å². The van der Waals surface area contributed by atoms with Crippen LogP contribution in [0, 0.1) is 5.82 Å². The lowest BCUT2D eigenvalue weighted by Crippen LogP contribution is -2.36. The van der Waals surface area contributed by atoms with Crippen molar-refractivity contribution in [2.45, 2.75) is 38.7 Å². The van der Waals surface area contributed by atoms with Crippen molar-refractivity contribution in [1.82, 2.24) is 0 Å². The van der Waals surface area contributed by atoms with Crippen molar-refractivity contribution in [2.24, 2.45) is 0 Å². The van der Waals surface area contributed by atoms with Crippen molar-refractivity contribution in [3.8, 4) is 17.2 Å². The summed E-state index contributed by atoms with van der Waals surface area (Å²) in [6, 6.07) is 19.9. The second kappa shape index (κ2) is 11.0. The van der Waals surface area contributed by atoms with E-state index in [1.54, 1.807) is 54.6 Å². The minimum absolute atomic E-state index is 0.0471. The van der Waals surface area contributed by atoms with Crippen LogP contribution >= 0.6 is 0 Å². The van der Waals surface area contributed by atoms with Gasteiger partial charge >= 0.3 is 0 Å². The maximum Gasteiger partial charge on any atom is 0.250 e. The molecule has 3 aromatic rings. The minimum atomic E-state index is -2.63. The van der Waals surface area contributed by atoms with E-state index >= 15 is 0 Å². The third kappa shape index (κ3) is 6.04. The van der Waals surface area contributed by atoms with E-state index in [9.17, 15) is 13.2 Å². The van der Waals surface area contributed by atoms with E-state index in [0.29, 0.717) is 29.2 Å². The molecule has 3 rings (SSSR count). The quantitative estimate of drug-likeness (QED) is 0.314. The first-order valence-corrected chi connectivity index (χ1v) is 10.5. The van der Waals surface area contributed by atoms with Crippen molar-refractivity contribution in [2.75, 3.05) is 13.2 Å². The molecule has 0 aliphatic rings. The van der Waals surface area contributed by atoms with E-state index in [2.05, 4.69) is 0 Å². The molecule has 0 saturated heterocycles. The van der Waals surface area contributed by atoms with E-state index < -0.39 is 17.7 Å². The molecule has 3 nitrogen and oxygen atoms in total. The smallest absolute Gasteiger partial charge is 0.250 e. The van der Waals surface area contributed by atoms with E-state index in [-0.39, 0.29) is 19.0 Å². The van der Waals surface area contributed by atoms with Gasteiger partial charge in [0.15, 0.2) is 11.6 Å². The highest BCUT2D eigenvalue weighted by Crippen LogP contribution is 2.33. The number of alkyl halides is 2. The highest BCUT2D eigenvalue weighted by molar-refractivity contribution is 5.35. The molecule has 170 valence electrons. The van der Waals surface area contributed by atoms with Gasteiger partial charge in [-0.05, 0) is 60.9 Å². The summed E-state index contributed by atoms with van der Waals surface area (Å²) in [5, 5.41) is 0. The lowest BCUT2D eigenvalue weighted by molar-refractivity contribution is -0.0128. The Morgan fingerprint density at radius 1 is 0.906 bits per heavy atom. The number of hydrogen-bond acceptors (Lipinski definition) is 3. The third-order valence-corrected chi connectivity index (χ3v) is 5.11. The summed E-state index contributed by atoms with van der Waals surface area (Å²) in [4.78, 5) is 0. The Morgan fingerprint density at radius 3 is 2.28 bits per heavy atom. The summed E-state index contributed by atoms with van der Waals surface area (Å²) in [6.07, 6.45) is -1.76. The Labute approximate surface area is 186 Å². The lowest BCUT2D eigenvalue weighted by atomic mass is 9.83. The maximum atomic E-state index is 14.1. The van der Waals surface area contributed by atoms with Crippen molar-refractivity contribution in [1.29, 1.82) is 0 Å². The summed E-state index contributed by atoms with van der Waals surface area (Å²) in [7, 11) is 0. The second-order valence-electron chi connectivity index (χ2n) is 7.76. The van der Waals surface area contributed by atoms with Gasteiger partial charge in [0.05, 0.1) is 25.2 Å². The molecule has 3 aromatic carbocycles. The average molecular weight is 444 g/mol. The summed E-state index contributed by atoms with van der Waals surface area (Å²) in [5.74, 6) is 0.684. The first-order valence-electron chi connectivity index (χ1n) is 10.5. The number of hydrogen-bond donors (Lipinski definition) is 0. The molecule has 0 saturated carbocycles. The normalized spacial score (nSPS) is 13.1. The number of benzene rings is 3. The van der Waals surface area contributed by atoms with Crippen LogP contribution in [0.15, 0.2) is 72.8 Å². The summed E-state index contributed by atoms with van der Waals surface area (Å²) < 4.78 is 58.8. The topological polar surface area (TPSA) is 27.7 Å². The lowest BCUT2D eigenvalue weighted by Gasteiger charge is -2.29. The molecule has 0 N–H and O–H groups in total. The van der Waals surface area contributed by atoms with E-state index in [1.165, 1.54) is 19.1 Å². The van der Waals surface area contributed by atoms with Crippen molar-refractivity contribution < 1.29 is 27.4 Å².